The van der Waals surface area contributed by atoms with Crippen LogP contribution in [0.5, 0.6) is 0 Å². The van der Waals surface area contributed by atoms with Gasteiger partial charge in [0.2, 0.25) is 0 Å². The van der Waals surface area contributed by atoms with Gasteiger partial charge >= 0.3 is 23.9 Å². The number of carboxylic acids is 1. The molecule has 0 aromatic heterocycles. The second-order valence-electron chi connectivity index (χ2n) is 12.4. The van der Waals surface area contributed by atoms with Gasteiger partial charge in [0, 0.05) is 12.1 Å². The lowest BCUT2D eigenvalue weighted by molar-refractivity contribution is -0.165. The number of rotatable bonds is 10. The maximum Gasteiger partial charge on any atom is 0.320 e. The standard InChI is InChI=1S/C26H46N2O8/c1-24(2,3)34-21(31)15-27(14-20(29)30)18-12-10-11-13-19(18)28(16-22(32)35-25(4,5)6)17-23(33)36-26(7,8)9/h18-19H,10-17H2,1-9H3,(H,29,30)/t18-,19-/m1/s1. The first-order valence-electron chi connectivity index (χ1n) is 12.6. The highest BCUT2D eigenvalue weighted by atomic mass is 16.6. The smallest absolute Gasteiger partial charge is 0.320 e. The highest BCUT2D eigenvalue weighted by molar-refractivity contribution is 5.76. The highest BCUT2D eigenvalue weighted by Gasteiger charge is 2.38. The molecule has 1 aliphatic rings. The van der Waals surface area contributed by atoms with E-state index >= 15 is 0 Å². The van der Waals surface area contributed by atoms with E-state index in [-0.39, 0.29) is 38.3 Å². The molecule has 10 heteroatoms. The summed E-state index contributed by atoms with van der Waals surface area (Å²) < 4.78 is 16.5. The fourth-order valence-corrected chi connectivity index (χ4v) is 4.32. The predicted octanol–water partition coefficient (Wildman–Crippen LogP) is 3.01. The average molecular weight is 515 g/mol. The SMILES string of the molecule is CC(C)(C)OC(=O)CN(CC(=O)O)[C@@H]1CCCC[C@H]1N(CC(=O)OC(C)(C)C)CC(=O)OC(C)(C)C. The second-order valence-corrected chi connectivity index (χ2v) is 12.4. The minimum atomic E-state index is -1.08. The van der Waals surface area contributed by atoms with E-state index in [1.807, 2.05) is 0 Å². The maximum absolute atomic E-state index is 12.8. The first-order valence-corrected chi connectivity index (χ1v) is 12.6. The summed E-state index contributed by atoms with van der Waals surface area (Å²) >= 11 is 0. The van der Waals surface area contributed by atoms with E-state index in [9.17, 15) is 24.3 Å². The molecule has 208 valence electrons. The molecule has 36 heavy (non-hydrogen) atoms. The molecule has 0 heterocycles. The summed E-state index contributed by atoms with van der Waals surface area (Å²) in [6.45, 7) is 14.9. The number of hydrogen-bond donors (Lipinski definition) is 1. The summed E-state index contributed by atoms with van der Waals surface area (Å²) in [5, 5.41) is 9.58. The van der Waals surface area contributed by atoms with Crippen LogP contribution in [0, 0.1) is 0 Å². The fourth-order valence-electron chi connectivity index (χ4n) is 4.32. The molecule has 1 saturated carbocycles. The highest BCUT2D eigenvalue weighted by Crippen LogP contribution is 2.28. The Morgan fingerprint density at radius 2 is 0.889 bits per heavy atom. The van der Waals surface area contributed by atoms with Gasteiger partial charge in [-0.2, -0.15) is 0 Å². The molecular formula is C26H46N2O8. The predicted molar refractivity (Wildman–Crippen MR) is 134 cm³/mol. The molecule has 2 atom stereocenters. The molecule has 0 radical (unpaired) electrons. The summed E-state index contributed by atoms with van der Waals surface area (Å²) in [6.07, 6.45) is 2.91. The lowest BCUT2D eigenvalue weighted by atomic mass is 9.87. The van der Waals surface area contributed by atoms with Gasteiger partial charge in [0.15, 0.2) is 0 Å². The van der Waals surface area contributed by atoms with E-state index < -0.39 is 40.7 Å². The minimum absolute atomic E-state index is 0.162. The zero-order chi connectivity index (χ0) is 27.9. The van der Waals surface area contributed by atoms with E-state index in [1.54, 1.807) is 72.1 Å². The average Bonchev–Trinajstić information content (AvgIpc) is 2.62. The van der Waals surface area contributed by atoms with Crippen LogP contribution < -0.4 is 0 Å². The summed E-state index contributed by atoms with van der Waals surface area (Å²) in [6, 6.07) is -0.743. The molecular weight excluding hydrogens is 468 g/mol. The number of aliphatic carboxylic acids is 1. The lowest BCUT2D eigenvalue weighted by Gasteiger charge is -2.44. The Balaban J connectivity index is 3.26. The van der Waals surface area contributed by atoms with Crippen LogP contribution in [0.1, 0.15) is 88.0 Å². The van der Waals surface area contributed by atoms with E-state index in [0.717, 1.165) is 12.8 Å². The Hall–Kier alpha value is -2.20. The summed E-state index contributed by atoms with van der Waals surface area (Å²) in [5.41, 5.74) is -2.11. The zero-order valence-electron chi connectivity index (χ0n) is 23.5. The summed E-state index contributed by atoms with van der Waals surface area (Å²) in [5.74, 6) is -2.59. The van der Waals surface area contributed by atoms with Gasteiger partial charge in [-0.1, -0.05) is 12.8 Å². The van der Waals surface area contributed by atoms with Gasteiger partial charge in [0.05, 0.1) is 26.2 Å². The summed E-state index contributed by atoms with van der Waals surface area (Å²) in [7, 11) is 0. The molecule has 0 unspecified atom stereocenters. The van der Waals surface area contributed by atoms with Gasteiger partial charge in [0.25, 0.3) is 0 Å². The number of ether oxygens (including phenoxy) is 3. The first-order chi connectivity index (χ1) is 16.3. The number of nitrogens with zero attached hydrogens (tertiary/aromatic N) is 2. The molecule has 1 fully saturated rings. The number of carboxylic acid groups (broad SMARTS) is 1. The Morgan fingerprint density at radius 3 is 1.14 bits per heavy atom. The van der Waals surface area contributed by atoms with Crippen LogP contribution in [0.3, 0.4) is 0 Å². The first kappa shape index (κ1) is 31.8. The molecule has 0 saturated heterocycles. The quantitative estimate of drug-likeness (QED) is 0.344. The van der Waals surface area contributed by atoms with Crippen molar-refractivity contribution in [3.05, 3.63) is 0 Å². The molecule has 0 bridgehead atoms. The molecule has 10 nitrogen and oxygen atoms in total. The fraction of sp³-hybridized carbons (Fsp3) is 0.846. The van der Waals surface area contributed by atoms with Crippen LogP contribution in [0.2, 0.25) is 0 Å². The largest absolute Gasteiger partial charge is 0.480 e. The number of carbonyl (C=O) groups is 4. The molecule has 0 aliphatic heterocycles. The normalized spacial score (nSPS) is 19.2. The summed E-state index contributed by atoms with van der Waals surface area (Å²) in [4.78, 5) is 53.2. The number of carbonyl (C=O) groups excluding carboxylic acids is 3. The molecule has 0 aromatic carbocycles. The lowest BCUT2D eigenvalue weighted by Crippen LogP contribution is -2.58. The van der Waals surface area contributed by atoms with E-state index in [0.29, 0.717) is 12.8 Å². The second kappa shape index (κ2) is 12.9. The number of hydrogen-bond acceptors (Lipinski definition) is 9. The van der Waals surface area contributed by atoms with Crippen molar-refractivity contribution < 1.29 is 38.5 Å². The minimum Gasteiger partial charge on any atom is -0.480 e. The topological polar surface area (TPSA) is 123 Å². The third-order valence-electron chi connectivity index (χ3n) is 5.23. The van der Waals surface area contributed by atoms with E-state index in [4.69, 9.17) is 14.2 Å². The monoisotopic (exact) mass is 514 g/mol. The van der Waals surface area contributed by atoms with Crippen LogP contribution in [0.4, 0.5) is 0 Å². The molecule has 0 amide bonds. The van der Waals surface area contributed by atoms with Gasteiger partial charge in [-0.25, -0.2) is 0 Å². The van der Waals surface area contributed by atoms with Crippen LogP contribution in [0.25, 0.3) is 0 Å². The van der Waals surface area contributed by atoms with Crippen molar-refractivity contribution in [1.29, 1.82) is 0 Å². The van der Waals surface area contributed by atoms with Gasteiger partial charge in [-0.15, -0.1) is 0 Å². The van der Waals surface area contributed by atoms with E-state index in [1.165, 1.54) is 0 Å². The van der Waals surface area contributed by atoms with Crippen LogP contribution in [-0.4, -0.2) is 93.8 Å². The Bertz CT molecular complexity index is 746. The Morgan fingerprint density at radius 1 is 0.611 bits per heavy atom. The van der Waals surface area contributed by atoms with Crippen molar-refractivity contribution in [3.63, 3.8) is 0 Å². The molecule has 0 spiro atoms. The van der Waals surface area contributed by atoms with Gasteiger partial charge in [-0.05, 0) is 75.2 Å². The van der Waals surface area contributed by atoms with Crippen LogP contribution >= 0.6 is 0 Å². The van der Waals surface area contributed by atoms with Crippen LogP contribution in [-0.2, 0) is 33.4 Å². The van der Waals surface area contributed by atoms with Gasteiger partial charge in [0.1, 0.15) is 16.8 Å². The zero-order valence-corrected chi connectivity index (χ0v) is 23.5. The molecule has 1 N–H and O–H groups in total. The third kappa shape index (κ3) is 13.2. The van der Waals surface area contributed by atoms with Crippen molar-refractivity contribution in [1.82, 2.24) is 9.80 Å². The molecule has 0 aromatic rings. The third-order valence-corrected chi connectivity index (χ3v) is 5.23. The van der Waals surface area contributed by atoms with Crippen molar-refractivity contribution >= 4 is 23.9 Å². The molecule has 1 aliphatic carbocycles. The van der Waals surface area contributed by atoms with Crippen LogP contribution in [0.15, 0.2) is 0 Å². The van der Waals surface area contributed by atoms with Gasteiger partial charge < -0.3 is 19.3 Å². The Kier molecular flexibility index (Phi) is 11.4. The van der Waals surface area contributed by atoms with Gasteiger partial charge in [-0.3, -0.25) is 29.0 Å². The van der Waals surface area contributed by atoms with E-state index in [2.05, 4.69) is 0 Å². The van der Waals surface area contributed by atoms with Crippen molar-refractivity contribution in [3.8, 4) is 0 Å². The molecule has 1 rings (SSSR count). The number of esters is 3. The van der Waals surface area contributed by atoms with Crippen molar-refractivity contribution in [2.45, 2.75) is 117 Å². The van der Waals surface area contributed by atoms with Crippen molar-refractivity contribution in [2.75, 3.05) is 26.2 Å². The maximum atomic E-state index is 12.8. The Labute approximate surface area is 215 Å². The van der Waals surface area contributed by atoms with Crippen molar-refractivity contribution in [2.24, 2.45) is 0 Å².